The highest BCUT2D eigenvalue weighted by molar-refractivity contribution is 5.95. The molecule has 122 valence electrons. The van der Waals surface area contributed by atoms with E-state index in [1.807, 2.05) is 49.4 Å². The number of carbonyl (C=O) groups excluding carboxylic acids is 1. The van der Waals surface area contributed by atoms with E-state index in [1.165, 1.54) is 5.57 Å². The van der Waals surface area contributed by atoms with Gasteiger partial charge in [-0.15, -0.1) is 0 Å². The Labute approximate surface area is 143 Å². The maximum absolute atomic E-state index is 12.6. The van der Waals surface area contributed by atoms with Crippen molar-refractivity contribution >= 4 is 12.0 Å². The van der Waals surface area contributed by atoms with E-state index in [2.05, 4.69) is 37.3 Å². The highest BCUT2D eigenvalue weighted by atomic mass is 16.5. The average Bonchev–Trinajstić information content (AvgIpc) is 2.71. The second-order valence-electron chi connectivity index (χ2n) is 6.28. The van der Waals surface area contributed by atoms with Crippen LogP contribution in [0.25, 0.3) is 6.08 Å². The Morgan fingerprint density at radius 2 is 2.00 bits per heavy atom. The van der Waals surface area contributed by atoms with Gasteiger partial charge in [-0.2, -0.15) is 0 Å². The second-order valence-corrected chi connectivity index (χ2v) is 6.28. The summed E-state index contributed by atoms with van der Waals surface area (Å²) in [5, 5.41) is 0. The number of fused-ring (bicyclic) bond motifs is 1. The van der Waals surface area contributed by atoms with Crippen molar-refractivity contribution in [3.05, 3.63) is 89.1 Å². The maximum Gasteiger partial charge on any atom is 0.335 e. The molecule has 3 rings (SSSR count). The van der Waals surface area contributed by atoms with Crippen molar-refractivity contribution in [1.29, 1.82) is 0 Å². The predicted octanol–water partition coefficient (Wildman–Crippen LogP) is 5.02. The first-order valence-electron chi connectivity index (χ1n) is 8.34. The normalized spacial score (nSPS) is 22.5. The summed E-state index contributed by atoms with van der Waals surface area (Å²) in [6, 6.07) is 10.2. The third-order valence-corrected chi connectivity index (χ3v) is 4.45. The SMILES string of the molecule is CCOC(=O)C1=C2C=CC=CC=C2C[C@@]1(C)/C=C/c1ccccc1. The Morgan fingerprint density at radius 1 is 1.21 bits per heavy atom. The summed E-state index contributed by atoms with van der Waals surface area (Å²) in [7, 11) is 0. The van der Waals surface area contributed by atoms with E-state index in [-0.39, 0.29) is 11.4 Å². The number of esters is 1. The molecule has 0 saturated heterocycles. The third-order valence-electron chi connectivity index (χ3n) is 4.45. The van der Waals surface area contributed by atoms with Crippen molar-refractivity contribution in [2.24, 2.45) is 5.41 Å². The van der Waals surface area contributed by atoms with Crippen molar-refractivity contribution in [3.63, 3.8) is 0 Å². The molecule has 0 N–H and O–H groups in total. The monoisotopic (exact) mass is 318 g/mol. The van der Waals surface area contributed by atoms with Crippen molar-refractivity contribution in [3.8, 4) is 0 Å². The fourth-order valence-electron chi connectivity index (χ4n) is 3.31. The molecule has 0 heterocycles. The zero-order chi connectivity index (χ0) is 17.0. The van der Waals surface area contributed by atoms with Crippen LogP contribution < -0.4 is 0 Å². The number of allylic oxidation sites excluding steroid dienone is 8. The van der Waals surface area contributed by atoms with Crippen LogP contribution in [0.5, 0.6) is 0 Å². The smallest absolute Gasteiger partial charge is 0.335 e. The summed E-state index contributed by atoms with van der Waals surface area (Å²) in [6.07, 6.45) is 15.1. The Kier molecular flexibility index (Phi) is 4.66. The first-order chi connectivity index (χ1) is 11.6. The molecule has 0 amide bonds. The summed E-state index contributed by atoms with van der Waals surface area (Å²) in [5.74, 6) is -0.220. The Morgan fingerprint density at radius 3 is 2.75 bits per heavy atom. The van der Waals surface area contributed by atoms with Crippen molar-refractivity contribution in [2.75, 3.05) is 6.61 Å². The largest absolute Gasteiger partial charge is 0.463 e. The second kappa shape index (κ2) is 6.88. The Bertz CT molecular complexity index is 775. The fraction of sp³-hybridized carbons (Fsp3) is 0.227. The standard InChI is InChI=1S/C22H22O2/c1-3-24-21(23)20-19-13-9-5-8-12-18(19)16-22(20,2)15-14-17-10-6-4-7-11-17/h4-15H,3,16H2,1-2H3/b15-14+/t22-/m1/s1. The Balaban J connectivity index is 2.03. The molecule has 0 unspecified atom stereocenters. The summed E-state index contributed by atoms with van der Waals surface area (Å²) in [4.78, 5) is 12.6. The molecule has 0 aliphatic heterocycles. The van der Waals surface area contributed by atoms with Gasteiger partial charge in [0.05, 0.1) is 12.2 Å². The van der Waals surface area contributed by atoms with Crippen LogP contribution >= 0.6 is 0 Å². The molecule has 0 fully saturated rings. The lowest BCUT2D eigenvalue weighted by molar-refractivity contribution is -0.139. The van der Waals surface area contributed by atoms with Crippen molar-refractivity contribution < 1.29 is 9.53 Å². The van der Waals surface area contributed by atoms with Gasteiger partial charge in [-0.05, 0) is 30.1 Å². The zero-order valence-electron chi connectivity index (χ0n) is 14.2. The van der Waals surface area contributed by atoms with E-state index >= 15 is 0 Å². The van der Waals surface area contributed by atoms with Crippen LogP contribution in [0.1, 0.15) is 25.8 Å². The van der Waals surface area contributed by atoms with Crippen molar-refractivity contribution in [1.82, 2.24) is 0 Å². The van der Waals surface area contributed by atoms with Crippen LogP contribution in [0.15, 0.2) is 83.5 Å². The van der Waals surface area contributed by atoms with Gasteiger partial charge in [-0.3, -0.25) is 0 Å². The first kappa shape index (κ1) is 16.3. The van der Waals surface area contributed by atoms with Gasteiger partial charge in [-0.1, -0.05) is 79.8 Å². The number of hydrogen-bond acceptors (Lipinski definition) is 2. The topological polar surface area (TPSA) is 26.3 Å². The molecule has 0 spiro atoms. The van der Waals surface area contributed by atoms with Gasteiger partial charge in [0, 0.05) is 5.41 Å². The number of ether oxygens (including phenoxy) is 1. The average molecular weight is 318 g/mol. The molecular weight excluding hydrogens is 296 g/mol. The molecule has 0 saturated carbocycles. The zero-order valence-corrected chi connectivity index (χ0v) is 14.2. The molecule has 2 heteroatoms. The molecule has 2 nitrogen and oxygen atoms in total. The molecule has 2 aliphatic carbocycles. The summed E-state index contributed by atoms with van der Waals surface area (Å²) in [5.41, 5.74) is 3.70. The van der Waals surface area contributed by atoms with E-state index in [9.17, 15) is 4.79 Å². The lowest BCUT2D eigenvalue weighted by Crippen LogP contribution is -2.21. The van der Waals surface area contributed by atoms with Gasteiger partial charge >= 0.3 is 5.97 Å². The molecule has 0 bridgehead atoms. The van der Waals surface area contributed by atoms with Crippen LogP contribution in [-0.2, 0) is 9.53 Å². The molecule has 1 aromatic rings. The molecule has 1 atom stereocenters. The quantitative estimate of drug-likeness (QED) is 0.728. The van der Waals surface area contributed by atoms with Gasteiger partial charge in [0.2, 0.25) is 0 Å². The van der Waals surface area contributed by atoms with Crippen LogP contribution in [0.3, 0.4) is 0 Å². The Hall–Kier alpha value is -2.61. The van der Waals surface area contributed by atoms with Crippen molar-refractivity contribution in [2.45, 2.75) is 20.3 Å². The van der Waals surface area contributed by atoms with Crippen LogP contribution in [-0.4, -0.2) is 12.6 Å². The summed E-state index contributed by atoms with van der Waals surface area (Å²) in [6.45, 7) is 4.34. The van der Waals surface area contributed by atoms with Gasteiger partial charge in [0.1, 0.15) is 0 Å². The van der Waals surface area contributed by atoms with E-state index < -0.39 is 0 Å². The third kappa shape index (κ3) is 3.18. The fourth-order valence-corrected chi connectivity index (χ4v) is 3.31. The lowest BCUT2D eigenvalue weighted by atomic mass is 9.81. The summed E-state index contributed by atoms with van der Waals surface area (Å²) >= 11 is 0. The van der Waals surface area contributed by atoms with Crippen LogP contribution in [0.2, 0.25) is 0 Å². The minimum atomic E-state index is -0.362. The van der Waals surface area contributed by atoms with Crippen LogP contribution in [0.4, 0.5) is 0 Å². The van der Waals surface area contributed by atoms with Crippen LogP contribution in [0, 0.1) is 5.41 Å². The van der Waals surface area contributed by atoms with Gasteiger partial charge in [0.25, 0.3) is 0 Å². The maximum atomic E-state index is 12.6. The van der Waals surface area contributed by atoms with E-state index in [0.29, 0.717) is 6.61 Å². The molecular formula is C22H22O2. The minimum Gasteiger partial charge on any atom is -0.463 e. The van der Waals surface area contributed by atoms with E-state index in [1.54, 1.807) is 0 Å². The number of rotatable bonds is 4. The van der Waals surface area contributed by atoms with Gasteiger partial charge in [0.15, 0.2) is 0 Å². The van der Waals surface area contributed by atoms with Gasteiger partial charge < -0.3 is 4.74 Å². The highest BCUT2D eigenvalue weighted by Crippen LogP contribution is 2.48. The molecule has 0 aromatic heterocycles. The van der Waals surface area contributed by atoms with E-state index in [0.717, 1.165) is 23.1 Å². The summed E-state index contributed by atoms with van der Waals surface area (Å²) < 4.78 is 5.35. The number of benzene rings is 1. The molecule has 0 radical (unpaired) electrons. The number of carbonyl (C=O) groups is 1. The lowest BCUT2D eigenvalue weighted by Gasteiger charge is -2.23. The minimum absolute atomic E-state index is 0.220. The highest BCUT2D eigenvalue weighted by Gasteiger charge is 2.41. The molecule has 24 heavy (non-hydrogen) atoms. The van der Waals surface area contributed by atoms with Gasteiger partial charge in [-0.25, -0.2) is 4.79 Å². The molecule has 2 aliphatic rings. The van der Waals surface area contributed by atoms with E-state index in [4.69, 9.17) is 4.74 Å². The molecule has 1 aromatic carbocycles. The predicted molar refractivity (Wildman–Crippen MR) is 98.2 cm³/mol. The number of hydrogen-bond donors (Lipinski definition) is 0. The first-order valence-corrected chi connectivity index (χ1v) is 8.34.